The van der Waals surface area contributed by atoms with E-state index in [9.17, 15) is 18.3 Å². The van der Waals surface area contributed by atoms with Gasteiger partial charge >= 0.3 is 6.18 Å². The summed E-state index contributed by atoms with van der Waals surface area (Å²) < 4.78 is 47.8. The lowest BCUT2D eigenvalue weighted by Gasteiger charge is -2.38. The highest BCUT2D eigenvalue weighted by atomic mass is 32.1. The number of rotatable bonds is 2. The van der Waals surface area contributed by atoms with Crippen molar-refractivity contribution in [3.63, 3.8) is 0 Å². The number of aromatic nitrogens is 1. The Bertz CT molecular complexity index is 1100. The van der Waals surface area contributed by atoms with Gasteiger partial charge in [0.05, 0.1) is 17.3 Å². The van der Waals surface area contributed by atoms with E-state index < -0.39 is 17.8 Å². The summed E-state index contributed by atoms with van der Waals surface area (Å²) in [5.74, 6) is -0.945. The number of benzene rings is 2. The Morgan fingerprint density at radius 1 is 1.10 bits per heavy atom. The Balaban J connectivity index is 1.63. The first-order valence-corrected chi connectivity index (χ1v) is 9.68. The van der Waals surface area contributed by atoms with Gasteiger partial charge in [0.15, 0.2) is 0 Å². The number of halogens is 3. The highest BCUT2D eigenvalue weighted by Crippen LogP contribution is 2.50. The minimum Gasteiger partial charge on any atom is -0.492 e. The number of hydrogen-bond acceptors (Lipinski definition) is 6. The van der Waals surface area contributed by atoms with E-state index in [0.29, 0.717) is 22.0 Å². The lowest BCUT2D eigenvalue weighted by atomic mass is 9.86. The van der Waals surface area contributed by atoms with Crippen LogP contribution in [0.15, 0.2) is 65.1 Å². The number of alkyl halides is 3. The first kappa shape index (κ1) is 18.1. The summed E-state index contributed by atoms with van der Waals surface area (Å²) in [5.41, 5.74) is -1.39. The molecule has 5 nitrogen and oxygen atoms in total. The molecule has 2 atom stereocenters. The van der Waals surface area contributed by atoms with Crippen molar-refractivity contribution in [1.29, 1.82) is 0 Å². The van der Waals surface area contributed by atoms with Gasteiger partial charge in [0.25, 0.3) is 5.72 Å². The van der Waals surface area contributed by atoms with Gasteiger partial charge in [0.1, 0.15) is 12.4 Å². The predicted molar refractivity (Wildman–Crippen MR) is 103 cm³/mol. The van der Waals surface area contributed by atoms with Crippen molar-refractivity contribution >= 4 is 22.2 Å². The van der Waals surface area contributed by atoms with Gasteiger partial charge in [-0.3, -0.25) is 0 Å². The van der Waals surface area contributed by atoms with Crippen LogP contribution in [0.25, 0.3) is 11.3 Å². The summed E-state index contributed by atoms with van der Waals surface area (Å²) in [6, 6.07) is 15.8. The topological polar surface area (TPSA) is 58.0 Å². The molecule has 148 valence electrons. The van der Waals surface area contributed by atoms with Crippen molar-refractivity contribution in [2.24, 2.45) is 11.0 Å². The third-order valence-corrected chi connectivity index (χ3v) is 5.89. The molecule has 5 rings (SSSR count). The summed E-state index contributed by atoms with van der Waals surface area (Å²) in [7, 11) is 0. The molecule has 0 bridgehead atoms. The fraction of sp³-hybridized carbons (Fsp3) is 0.200. The van der Waals surface area contributed by atoms with Crippen molar-refractivity contribution in [3.05, 3.63) is 65.5 Å². The Morgan fingerprint density at radius 3 is 2.59 bits per heavy atom. The van der Waals surface area contributed by atoms with Crippen molar-refractivity contribution in [1.82, 2.24) is 4.98 Å². The number of nitrogens with zero attached hydrogens (tertiary/aromatic N) is 3. The van der Waals surface area contributed by atoms with E-state index in [-0.39, 0.29) is 17.5 Å². The molecule has 0 aliphatic carbocycles. The van der Waals surface area contributed by atoms with Crippen molar-refractivity contribution in [2.45, 2.75) is 11.9 Å². The van der Waals surface area contributed by atoms with Crippen molar-refractivity contribution < 1.29 is 23.0 Å². The molecule has 3 aromatic rings. The second kappa shape index (κ2) is 6.30. The number of fused-ring (bicyclic) bond motifs is 3. The van der Waals surface area contributed by atoms with Crippen LogP contribution < -0.4 is 9.75 Å². The van der Waals surface area contributed by atoms with Gasteiger partial charge in [-0.15, -0.1) is 11.3 Å². The van der Waals surface area contributed by atoms with Crippen LogP contribution in [-0.2, 0) is 0 Å². The Kier molecular flexibility index (Phi) is 3.94. The van der Waals surface area contributed by atoms with Crippen LogP contribution in [0.5, 0.6) is 5.75 Å². The average Bonchev–Trinajstić information content (AvgIpc) is 3.32. The van der Waals surface area contributed by atoms with Crippen LogP contribution in [-0.4, -0.2) is 34.3 Å². The second-order valence-electron chi connectivity index (χ2n) is 6.76. The van der Waals surface area contributed by atoms with Crippen LogP contribution >= 0.6 is 11.3 Å². The van der Waals surface area contributed by atoms with Crippen LogP contribution in [0, 0.1) is 5.92 Å². The zero-order valence-corrected chi connectivity index (χ0v) is 15.6. The minimum atomic E-state index is -4.98. The first-order chi connectivity index (χ1) is 13.9. The molecule has 0 saturated heterocycles. The Hall–Kier alpha value is -2.91. The summed E-state index contributed by atoms with van der Waals surface area (Å²) in [6.07, 6.45) is -4.98. The Morgan fingerprint density at radius 2 is 1.83 bits per heavy atom. The summed E-state index contributed by atoms with van der Waals surface area (Å²) >= 11 is 0.994. The van der Waals surface area contributed by atoms with Gasteiger partial charge in [0, 0.05) is 16.5 Å². The lowest BCUT2D eigenvalue weighted by molar-refractivity contribution is -0.270. The maximum Gasteiger partial charge on any atom is 0.439 e. The van der Waals surface area contributed by atoms with Crippen LogP contribution in [0.4, 0.5) is 18.3 Å². The van der Waals surface area contributed by atoms with Gasteiger partial charge in [0.2, 0.25) is 5.13 Å². The number of hydrazone groups is 1. The number of ether oxygens (including phenoxy) is 1. The van der Waals surface area contributed by atoms with Gasteiger partial charge in [-0.2, -0.15) is 23.3 Å². The van der Waals surface area contributed by atoms with Gasteiger partial charge in [-0.1, -0.05) is 42.5 Å². The molecule has 3 heterocycles. The van der Waals surface area contributed by atoms with E-state index in [2.05, 4.69) is 10.1 Å². The summed E-state index contributed by atoms with van der Waals surface area (Å²) in [6.45, 7) is -0.334. The molecule has 9 heteroatoms. The molecule has 0 amide bonds. The molecule has 29 heavy (non-hydrogen) atoms. The van der Waals surface area contributed by atoms with E-state index in [1.807, 2.05) is 30.3 Å². The van der Waals surface area contributed by atoms with Gasteiger partial charge in [-0.25, -0.2) is 4.98 Å². The van der Waals surface area contributed by atoms with Gasteiger partial charge in [-0.05, 0) is 12.1 Å². The number of para-hydroxylation sites is 1. The van der Waals surface area contributed by atoms with Gasteiger partial charge < -0.3 is 9.84 Å². The smallest absolute Gasteiger partial charge is 0.439 e. The second-order valence-corrected chi connectivity index (χ2v) is 7.60. The van der Waals surface area contributed by atoms with E-state index in [1.54, 1.807) is 29.6 Å². The molecular weight excluding hydrogens is 403 g/mol. The van der Waals surface area contributed by atoms with E-state index in [0.717, 1.165) is 16.9 Å². The molecule has 1 aromatic heterocycles. The summed E-state index contributed by atoms with van der Waals surface area (Å²) in [5, 5.41) is 17.3. The number of hydrogen-bond donors (Lipinski definition) is 1. The molecule has 2 aliphatic rings. The standard InChI is InChI=1S/C20H14F3N3O2S/c21-20(22,23)19(27)14-10-28-16-9-5-4-8-13(16)17(14)25-26(19)18-24-15(11-29-18)12-6-2-1-3-7-12/h1-9,11,14,27H,10H2/t14-,19-/m0/s1. The molecule has 0 unspecified atom stereocenters. The molecule has 1 N–H and O–H groups in total. The predicted octanol–water partition coefficient (Wildman–Crippen LogP) is 4.29. The molecule has 0 radical (unpaired) electrons. The first-order valence-electron chi connectivity index (χ1n) is 8.80. The van der Waals surface area contributed by atoms with Crippen LogP contribution in [0.2, 0.25) is 0 Å². The quantitative estimate of drug-likeness (QED) is 0.676. The fourth-order valence-electron chi connectivity index (χ4n) is 3.62. The third kappa shape index (κ3) is 2.65. The summed E-state index contributed by atoms with van der Waals surface area (Å²) in [4.78, 5) is 4.32. The third-order valence-electron chi connectivity index (χ3n) is 5.08. The zero-order valence-electron chi connectivity index (χ0n) is 14.8. The Labute approximate surface area is 167 Å². The zero-order chi connectivity index (χ0) is 20.2. The van der Waals surface area contributed by atoms with Crippen molar-refractivity contribution in [2.75, 3.05) is 11.6 Å². The molecule has 2 aromatic carbocycles. The monoisotopic (exact) mass is 417 g/mol. The van der Waals surface area contributed by atoms with E-state index in [1.165, 1.54) is 0 Å². The normalized spacial score (nSPS) is 23.2. The maximum atomic E-state index is 14.1. The van der Waals surface area contributed by atoms with Crippen LogP contribution in [0.3, 0.4) is 0 Å². The number of anilines is 1. The maximum absolute atomic E-state index is 14.1. The largest absolute Gasteiger partial charge is 0.492 e. The molecule has 0 saturated carbocycles. The molecule has 2 aliphatic heterocycles. The van der Waals surface area contributed by atoms with E-state index >= 15 is 0 Å². The highest BCUT2D eigenvalue weighted by Gasteiger charge is 2.69. The number of thiazole rings is 1. The minimum absolute atomic E-state index is 0.0388. The molecule has 0 spiro atoms. The van der Waals surface area contributed by atoms with Crippen molar-refractivity contribution in [3.8, 4) is 17.0 Å². The lowest BCUT2D eigenvalue weighted by Crippen LogP contribution is -2.61. The highest BCUT2D eigenvalue weighted by molar-refractivity contribution is 7.14. The average molecular weight is 417 g/mol. The van der Waals surface area contributed by atoms with E-state index in [4.69, 9.17) is 4.74 Å². The number of aliphatic hydroxyl groups is 1. The SMILES string of the molecule is O[C@]1(C(F)(F)F)[C@H]2COc3ccccc3C2=NN1c1nc(-c2ccccc2)cs1. The molecule has 0 fully saturated rings. The molecular formula is C20H14F3N3O2S. The fourth-order valence-corrected chi connectivity index (χ4v) is 4.45. The van der Waals surface area contributed by atoms with Crippen LogP contribution in [0.1, 0.15) is 5.56 Å².